The maximum absolute atomic E-state index is 12.4. The van der Waals surface area contributed by atoms with Gasteiger partial charge in [0.05, 0.1) is 12.7 Å². The van der Waals surface area contributed by atoms with Crippen LogP contribution in [0.5, 0.6) is 5.75 Å². The number of anilines is 1. The van der Waals surface area contributed by atoms with Crippen molar-refractivity contribution in [3.05, 3.63) is 54.1 Å². The van der Waals surface area contributed by atoms with Crippen LogP contribution < -0.4 is 10.1 Å². The first-order valence-electron chi connectivity index (χ1n) is 7.53. The number of fused-ring (bicyclic) bond motifs is 1. The zero-order valence-corrected chi connectivity index (χ0v) is 14.2. The van der Waals surface area contributed by atoms with Crippen LogP contribution >= 0.6 is 0 Å². The Bertz CT molecular complexity index is 922. The Kier molecular flexibility index (Phi) is 4.45. The number of benzene rings is 2. The Labute approximate surface area is 145 Å². The molecule has 1 heterocycles. The fourth-order valence-electron chi connectivity index (χ4n) is 2.55. The highest BCUT2D eigenvalue weighted by molar-refractivity contribution is 7.90. The fraction of sp³-hybridized carbons (Fsp3) is 0.176. The van der Waals surface area contributed by atoms with Crippen LogP contribution in [0.2, 0.25) is 0 Å². The number of rotatable bonds is 5. The largest absolute Gasteiger partial charge is 0.497 e. The van der Waals surface area contributed by atoms with Crippen molar-refractivity contribution in [3.63, 3.8) is 0 Å². The third-order valence-electron chi connectivity index (χ3n) is 3.83. The number of amides is 2. The summed E-state index contributed by atoms with van der Waals surface area (Å²) in [5, 5.41) is 2.65. The molecule has 0 bridgehead atoms. The van der Waals surface area contributed by atoms with Crippen LogP contribution in [-0.2, 0) is 14.8 Å². The predicted octanol–water partition coefficient (Wildman–Crippen LogP) is 1.87. The lowest BCUT2D eigenvalue weighted by molar-refractivity contribution is -0.116. The first kappa shape index (κ1) is 17.0. The minimum atomic E-state index is -3.89. The van der Waals surface area contributed by atoms with Gasteiger partial charge in [-0.05, 0) is 36.4 Å². The maximum Gasteiger partial charge on any atom is 0.269 e. The highest BCUT2D eigenvalue weighted by atomic mass is 32.2. The van der Waals surface area contributed by atoms with Gasteiger partial charge in [-0.3, -0.25) is 9.59 Å². The average molecular weight is 360 g/mol. The number of hydrogen-bond donors (Lipinski definition) is 1. The van der Waals surface area contributed by atoms with Gasteiger partial charge in [-0.15, -0.1) is 0 Å². The van der Waals surface area contributed by atoms with Crippen LogP contribution in [0.15, 0.2) is 53.4 Å². The van der Waals surface area contributed by atoms with Crippen molar-refractivity contribution in [2.45, 2.75) is 11.3 Å². The maximum atomic E-state index is 12.4. The number of hydrogen-bond acceptors (Lipinski definition) is 5. The van der Waals surface area contributed by atoms with E-state index in [2.05, 4.69) is 5.32 Å². The van der Waals surface area contributed by atoms with Crippen molar-refractivity contribution in [2.75, 3.05) is 19.0 Å². The lowest BCUT2D eigenvalue weighted by atomic mass is 10.2. The summed E-state index contributed by atoms with van der Waals surface area (Å²) in [5.41, 5.74) is 0.697. The van der Waals surface area contributed by atoms with Gasteiger partial charge in [0.1, 0.15) is 10.6 Å². The summed E-state index contributed by atoms with van der Waals surface area (Å²) >= 11 is 0. The number of carbonyl (C=O) groups is 2. The van der Waals surface area contributed by atoms with Gasteiger partial charge in [0.25, 0.3) is 15.9 Å². The van der Waals surface area contributed by atoms with Crippen molar-refractivity contribution < 1.29 is 22.7 Å². The smallest absolute Gasteiger partial charge is 0.269 e. The molecule has 0 aliphatic carbocycles. The summed E-state index contributed by atoms with van der Waals surface area (Å²) in [7, 11) is -2.35. The molecule has 2 aromatic rings. The second kappa shape index (κ2) is 6.56. The van der Waals surface area contributed by atoms with Gasteiger partial charge in [0, 0.05) is 18.7 Å². The summed E-state index contributed by atoms with van der Waals surface area (Å²) in [5.74, 6) is -0.332. The Hall–Kier alpha value is -2.87. The molecule has 1 aliphatic heterocycles. The summed E-state index contributed by atoms with van der Waals surface area (Å²) in [4.78, 5) is 24.3. The van der Waals surface area contributed by atoms with Crippen molar-refractivity contribution in [1.29, 1.82) is 0 Å². The highest BCUT2D eigenvalue weighted by Crippen LogP contribution is 2.29. The second-order valence-corrected chi connectivity index (χ2v) is 7.24. The Morgan fingerprint density at radius 1 is 1.12 bits per heavy atom. The molecule has 1 N–H and O–H groups in total. The van der Waals surface area contributed by atoms with Crippen molar-refractivity contribution in [2.24, 2.45) is 0 Å². The monoisotopic (exact) mass is 360 g/mol. The molecule has 130 valence electrons. The molecule has 1 aliphatic rings. The van der Waals surface area contributed by atoms with Crippen molar-refractivity contribution >= 4 is 27.5 Å². The van der Waals surface area contributed by atoms with Crippen molar-refractivity contribution in [1.82, 2.24) is 4.31 Å². The van der Waals surface area contributed by atoms with Crippen LogP contribution in [-0.4, -0.2) is 38.2 Å². The van der Waals surface area contributed by atoms with E-state index in [1.807, 2.05) is 0 Å². The van der Waals surface area contributed by atoms with Crippen molar-refractivity contribution in [3.8, 4) is 5.75 Å². The van der Waals surface area contributed by atoms with E-state index in [0.717, 1.165) is 4.31 Å². The summed E-state index contributed by atoms with van der Waals surface area (Å²) in [6.45, 7) is -0.210. The molecule has 0 aromatic heterocycles. The lowest BCUT2D eigenvalue weighted by Gasteiger charge is -2.14. The highest BCUT2D eigenvalue weighted by Gasteiger charge is 2.40. The first-order valence-corrected chi connectivity index (χ1v) is 8.97. The zero-order valence-electron chi connectivity index (χ0n) is 13.4. The van der Waals surface area contributed by atoms with E-state index in [1.165, 1.54) is 12.1 Å². The Balaban J connectivity index is 1.65. The number of sulfonamides is 1. The van der Waals surface area contributed by atoms with E-state index in [0.29, 0.717) is 11.4 Å². The SMILES string of the molecule is COc1ccc(NC(=O)CCN2C(=O)c3ccccc3S2(=O)=O)cc1. The molecule has 0 fully saturated rings. The molecule has 0 radical (unpaired) electrons. The van der Waals surface area contributed by atoms with Gasteiger partial charge in [0.2, 0.25) is 5.91 Å². The normalized spacial score (nSPS) is 14.9. The van der Waals surface area contributed by atoms with Crippen LogP contribution in [0.4, 0.5) is 5.69 Å². The van der Waals surface area contributed by atoms with Gasteiger partial charge in [0.15, 0.2) is 0 Å². The molecule has 0 saturated heterocycles. The van der Waals surface area contributed by atoms with E-state index in [4.69, 9.17) is 4.74 Å². The number of nitrogens with one attached hydrogen (secondary N) is 1. The molecule has 2 aromatic carbocycles. The van der Waals surface area contributed by atoms with Crippen LogP contribution in [0.3, 0.4) is 0 Å². The van der Waals surface area contributed by atoms with E-state index < -0.39 is 15.9 Å². The molecule has 0 saturated carbocycles. The van der Waals surface area contributed by atoms with Gasteiger partial charge < -0.3 is 10.1 Å². The number of ether oxygens (including phenoxy) is 1. The summed E-state index contributed by atoms with van der Waals surface area (Å²) in [6.07, 6.45) is -0.134. The first-order chi connectivity index (χ1) is 11.9. The second-order valence-electron chi connectivity index (χ2n) is 5.41. The van der Waals surface area contributed by atoms with Gasteiger partial charge in [-0.2, -0.15) is 0 Å². The minimum absolute atomic E-state index is 0.0180. The predicted molar refractivity (Wildman–Crippen MR) is 90.9 cm³/mol. The third kappa shape index (κ3) is 3.20. The molecule has 2 amide bonds. The van der Waals surface area contributed by atoms with E-state index >= 15 is 0 Å². The molecule has 0 spiro atoms. The number of nitrogens with zero attached hydrogens (tertiary/aromatic N) is 1. The minimum Gasteiger partial charge on any atom is -0.497 e. The van der Waals surface area contributed by atoms with Crippen LogP contribution in [0.25, 0.3) is 0 Å². The van der Waals surface area contributed by atoms with Gasteiger partial charge in [-0.1, -0.05) is 12.1 Å². The summed E-state index contributed by atoms with van der Waals surface area (Å²) in [6, 6.07) is 12.7. The standard InChI is InChI=1S/C17H16N2O5S/c1-24-13-8-6-12(7-9-13)18-16(20)10-11-19-17(21)14-4-2-3-5-15(14)25(19,22)23/h2-9H,10-11H2,1H3,(H,18,20). The molecular weight excluding hydrogens is 344 g/mol. The molecule has 7 nitrogen and oxygen atoms in total. The van der Waals surface area contributed by atoms with Crippen LogP contribution in [0.1, 0.15) is 16.8 Å². The Morgan fingerprint density at radius 2 is 1.80 bits per heavy atom. The van der Waals surface area contributed by atoms with Gasteiger partial charge >= 0.3 is 0 Å². The van der Waals surface area contributed by atoms with E-state index in [-0.39, 0.29) is 29.3 Å². The van der Waals surface area contributed by atoms with Gasteiger partial charge in [-0.25, -0.2) is 12.7 Å². The average Bonchev–Trinajstić information content (AvgIpc) is 2.80. The molecule has 8 heteroatoms. The topological polar surface area (TPSA) is 92.8 Å². The number of carbonyl (C=O) groups excluding carboxylic acids is 2. The Morgan fingerprint density at radius 3 is 2.44 bits per heavy atom. The molecule has 0 atom stereocenters. The number of methoxy groups -OCH3 is 1. The molecule has 25 heavy (non-hydrogen) atoms. The third-order valence-corrected chi connectivity index (χ3v) is 5.67. The molecule has 3 rings (SSSR count). The molecule has 0 unspecified atom stereocenters. The lowest BCUT2D eigenvalue weighted by Crippen LogP contribution is -2.33. The quantitative estimate of drug-likeness (QED) is 0.879. The van der Waals surface area contributed by atoms with Crippen LogP contribution in [0, 0.1) is 0 Å². The zero-order chi connectivity index (χ0) is 18.0. The fourth-order valence-corrected chi connectivity index (χ4v) is 4.12. The van der Waals surface area contributed by atoms with E-state index in [9.17, 15) is 18.0 Å². The summed E-state index contributed by atoms with van der Waals surface area (Å²) < 4.78 is 30.6. The van der Waals surface area contributed by atoms with E-state index in [1.54, 1.807) is 43.5 Å². The molecular formula is C17H16N2O5S.